The molecule has 0 radical (unpaired) electrons. The first-order valence-electron chi connectivity index (χ1n) is 17.6. The van der Waals surface area contributed by atoms with E-state index < -0.39 is 155 Å². The van der Waals surface area contributed by atoms with Gasteiger partial charge in [0.1, 0.15) is 97.6 Å². The van der Waals surface area contributed by atoms with E-state index in [-0.39, 0.29) is 6.61 Å². The lowest BCUT2D eigenvalue weighted by atomic mass is 9.95. The maximum atomic E-state index is 11.8. The highest BCUT2D eigenvalue weighted by atomic mass is 16.8. The number of amides is 1. The number of carbonyl (C=O) groups is 1. The molecule has 4 saturated heterocycles. The molecule has 0 aromatic heterocycles. The molecule has 4 fully saturated rings. The predicted octanol–water partition coefficient (Wildman–Crippen LogP) is -7.38. The van der Waals surface area contributed by atoms with Gasteiger partial charge in [-0.05, 0) is 5.56 Å². The Bertz CT molecular complexity index is 1330. The summed E-state index contributed by atoms with van der Waals surface area (Å²) in [5.74, 6) is -0.670. The zero-order valence-corrected chi connectivity index (χ0v) is 29.5. The Hall–Kier alpha value is -2.11. The number of hydrogen-bond acceptors (Lipinski definition) is 21. The maximum Gasteiger partial charge on any atom is 0.217 e. The van der Waals surface area contributed by atoms with Crippen LogP contribution in [0.4, 0.5) is 0 Å². The summed E-state index contributed by atoms with van der Waals surface area (Å²) < 4.78 is 45.2. The minimum atomic E-state index is -2.03. The van der Waals surface area contributed by atoms with Gasteiger partial charge in [-0.1, -0.05) is 30.3 Å². The highest BCUT2D eigenvalue weighted by molar-refractivity contribution is 5.73. The highest BCUT2D eigenvalue weighted by Crippen LogP contribution is 2.34. The average Bonchev–Trinajstić information content (AvgIpc) is 3.18. The maximum absolute atomic E-state index is 11.8. The second kappa shape index (κ2) is 19.6. The Labute approximate surface area is 313 Å². The first kappa shape index (κ1) is 44.0. The highest BCUT2D eigenvalue weighted by Gasteiger charge is 2.55. The summed E-state index contributed by atoms with van der Waals surface area (Å²) in [4.78, 5) is 11.8. The smallest absolute Gasteiger partial charge is 0.217 e. The van der Waals surface area contributed by atoms with Crippen LogP contribution < -0.4 is 5.32 Å². The lowest BCUT2D eigenvalue weighted by molar-refractivity contribution is -0.386. The first-order chi connectivity index (χ1) is 26.2. The van der Waals surface area contributed by atoms with Crippen molar-refractivity contribution in [2.75, 3.05) is 26.4 Å². The zero-order valence-electron chi connectivity index (χ0n) is 29.5. The van der Waals surface area contributed by atoms with Crippen LogP contribution in [0.1, 0.15) is 12.5 Å². The van der Waals surface area contributed by atoms with Crippen LogP contribution in [0, 0.1) is 0 Å². The van der Waals surface area contributed by atoms with Gasteiger partial charge >= 0.3 is 0 Å². The molecule has 1 amide bonds. The second-order valence-electron chi connectivity index (χ2n) is 13.7. The molecule has 13 N–H and O–H groups in total. The minimum Gasteiger partial charge on any atom is -0.394 e. The summed E-state index contributed by atoms with van der Waals surface area (Å²) in [6, 6.07) is 7.40. The van der Waals surface area contributed by atoms with E-state index in [9.17, 15) is 66.1 Å². The molecule has 314 valence electrons. The number of hydrogen-bond donors (Lipinski definition) is 13. The Morgan fingerprint density at radius 2 is 0.945 bits per heavy atom. The van der Waals surface area contributed by atoms with Crippen molar-refractivity contribution in [2.24, 2.45) is 0 Å². The van der Waals surface area contributed by atoms with Crippen LogP contribution in [0.3, 0.4) is 0 Å². The predicted molar refractivity (Wildman–Crippen MR) is 174 cm³/mol. The van der Waals surface area contributed by atoms with E-state index in [0.717, 1.165) is 12.5 Å². The number of carbonyl (C=O) groups excluding carboxylic acids is 1. The quantitative estimate of drug-likeness (QED) is 0.0831. The van der Waals surface area contributed by atoms with E-state index in [0.29, 0.717) is 0 Å². The minimum absolute atomic E-state index is 0.00741. The molecule has 0 spiro atoms. The lowest BCUT2D eigenvalue weighted by Gasteiger charge is -2.49. The molecule has 4 heterocycles. The number of nitrogens with one attached hydrogen (secondary N) is 1. The van der Waals surface area contributed by atoms with Crippen LogP contribution >= 0.6 is 0 Å². The van der Waals surface area contributed by atoms with Crippen LogP contribution in [0.2, 0.25) is 0 Å². The Morgan fingerprint density at radius 3 is 1.38 bits per heavy atom. The summed E-state index contributed by atoms with van der Waals surface area (Å²) in [6.45, 7) is -2.23. The molecule has 22 heteroatoms. The molecular weight excluding hydrogens is 746 g/mol. The molecule has 22 nitrogen and oxygen atoms in total. The van der Waals surface area contributed by atoms with Crippen molar-refractivity contribution in [3.63, 3.8) is 0 Å². The first-order valence-corrected chi connectivity index (χ1v) is 17.6. The molecule has 4 aliphatic rings. The molecule has 55 heavy (non-hydrogen) atoms. The average molecular weight is 798 g/mol. The van der Waals surface area contributed by atoms with Gasteiger partial charge in [-0.15, -0.1) is 0 Å². The summed E-state index contributed by atoms with van der Waals surface area (Å²) in [5, 5.41) is 129. The van der Waals surface area contributed by atoms with Gasteiger partial charge in [-0.3, -0.25) is 4.79 Å². The number of rotatable bonds is 14. The van der Waals surface area contributed by atoms with Crippen molar-refractivity contribution < 1.29 is 104 Å². The molecule has 5 rings (SSSR count). The van der Waals surface area contributed by atoms with Crippen LogP contribution in [-0.2, 0) is 49.3 Å². The van der Waals surface area contributed by atoms with Crippen LogP contribution in [0.15, 0.2) is 30.3 Å². The third kappa shape index (κ3) is 9.78. The molecule has 20 atom stereocenters. The number of ether oxygens (including phenoxy) is 8. The third-order valence-corrected chi connectivity index (χ3v) is 9.84. The van der Waals surface area contributed by atoms with E-state index in [1.807, 2.05) is 0 Å². The fraction of sp³-hybridized carbons (Fsp3) is 0.788. The van der Waals surface area contributed by atoms with Gasteiger partial charge < -0.3 is 104 Å². The molecule has 4 aliphatic heterocycles. The van der Waals surface area contributed by atoms with E-state index >= 15 is 0 Å². The molecule has 1 aromatic carbocycles. The topological polar surface area (TPSA) is 346 Å². The molecule has 1 aromatic rings. The number of aliphatic hydroxyl groups excluding tert-OH is 12. The van der Waals surface area contributed by atoms with Crippen LogP contribution in [-0.4, -0.2) is 216 Å². The molecule has 0 saturated carbocycles. The Balaban J connectivity index is 1.23. The summed E-state index contributed by atoms with van der Waals surface area (Å²) in [5.41, 5.74) is 0.733. The van der Waals surface area contributed by atoms with Crippen molar-refractivity contribution >= 4 is 5.91 Å². The van der Waals surface area contributed by atoms with E-state index in [4.69, 9.17) is 37.9 Å². The van der Waals surface area contributed by atoms with E-state index in [1.165, 1.54) is 0 Å². The van der Waals surface area contributed by atoms with Gasteiger partial charge in [0.2, 0.25) is 5.91 Å². The van der Waals surface area contributed by atoms with Crippen molar-refractivity contribution in [2.45, 2.75) is 136 Å². The monoisotopic (exact) mass is 797 g/mol. The Morgan fingerprint density at radius 1 is 0.545 bits per heavy atom. The van der Waals surface area contributed by atoms with Crippen molar-refractivity contribution in [3.05, 3.63) is 35.9 Å². The van der Waals surface area contributed by atoms with Gasteiger partial charge in [0, 0.05) is 6.92 Å². The van der Waals surface area contributed by atoms with Crippen LogP contribution in [0.5, 0.6) is 0 Å². The fourth-order valence-electron chi connectivity index (χ4n) is 6.83. The number of aliphatic hydroxyl groups is 12. The van der Waals surface area contributed by atoms with Crippen LogP contribution in [0.25, 0.3) is 0 Å². The largest absolute Gasteiger partial charge is 0.394 e. The molecule has 0 aliphatic carbocycles. The van der Waals surface area contributed by atoms with Crippen molar-refractivity contribution in [1.29, 1.82) is 0 Å². The van der Waals surface area contributed by atoms with Gasteiger partial charge in [0.25, 0.3) is 0 Å². The molecule has 0 bridgehead atoms. The number of benzene rings is 1. The normalized spacial score (nSPS) is 45.3. The fourth-order valence-corrected chi connectivity index (χ4v) is 6.83. The van der Waals surface area contributed by atoms with Gasteiger partial charge in [0.05, 0.1) is 33.0 Å². The van der Waals surface area contributed by atoms with Gasteiger partial charge in [-0.2, -0.15) is 0 Å². The van der Waals surface area contributed by atoms with Crippen molar-refractivity contribution in [3.8, 4) is 0 Å². The van der Waals surface area contributed by atoms with Gasteiger partial charge in [0.15, 0.2) is 25.2 Å². The van der Waals surface area contributed by atoms with Crippen molar-refractivity contribution in [1.82, 2.24) is 5.32 Å². The summed E-state index contributed by atoms with van der Waals surface area (Å²) in [7, 11) is 0. The standard InChI is InChI=1S/C33H51NO21/c1-12(39)34-18-20(41)19(40)14(7-35)49-30(18)53-27-16(9-37)51-32(25(46)22(27)43)55-29-17(10-38)52-33(26(47)23(29)44)54-28-15(8-36)50-31(24(45)21(28)42)48-11-13-5-3-2-4-6-13/h2-6,14-33,35-38,40-47H,7-11H2,1H3,(H,34,39)/t14-,15-,16-,17-,18-,19+,20-,21-,22-,23-,24-,25-,26-,27+,28-,29+,30-,31?,32+,33+/m1/s1. The zero-order chi connectivity index (χ0) is 40.1. The molecule has 1 unspecified atom stereocenters. The van der Waals surface area contributed by atoms with E-state index in [2.05, 4.69) is 5.32 Å². The third-order valence-electron chi connectivity index (χ3n) is 9.84. The molecular formula is C33H51NO21. The summed E-state index contributed by atoms with van der Waals surface area (Å²) >= 11 is 0. The summed E-state index contributed by atoms with van der Waals surface area (Å²) in [6.07, 6.45) is -32.3. The second-order valence-corrected chi connectivity index (χ2v) is 13.7. The SMILES string of the molecule is CC(=O)N[C@H]1[C@@H](O[C@@H]2[C@H](O)[C@@H](O)[C@H](O[C@@H]3[C@H](O)[C@@H](O)[C@H](O[C@H]4[C@H](O)[C@@H](O)C(OCc5ccccc5)O[C@@H]4CO)O[C@@H]3CO)O[C@@H]2CO)O[C@H](CO)[C@H](O)[C@@H]1O. The van der Waals surface area contributed by atoms with E-state index in [1.54, 1.807) is 30.3 Å². The van der Waals surface area contributed by atoms with Gasteiger partial charge in [-0.25, -0.2) is 0 Å². The Kier molecular flexibility index (Phi) is 15.6. The lowest BCUT2D eigenvalue weighted by Crippen LogP contribution is -2.68.